The summed E-state index contributed by atoms with van der Waals surface area (Å²) < 4.78 is 0. The molecular weight excluding hydrogens is 364 g/mol. The second-order valence-corrected chi connectivity index (χ2v) is 13.3. The Hall–Kier alpha value is -0.300. The first-order valence-electron chi connectivity index (χ1n) is 13.5. The third-order valence-electron chi connectivity index (χ3n) is 11.1. The van der Waals surface area contributed by atoms with Gasteiger partial charge in [-0.25, -0.2) is 0 Å². The molecule has 1 nitrogen and oxygen atoms in total. The maximum atomic E-state index is 9.35. The van der Waals surface area contributed by atoms with Crippen LogP contribution in [0, 0.1) is 51.8 Å². The molecule has 0 aromatic rings. The molecule has 4 rings (SSSR count). The first-order valence-corrected chi connectivity index (χ1v) is 13.5. The molecule has 0 saturated heterocycles. The summed E-state index contributed by atoms with van der Waals surface area (Å²) >= 11 is 0. The summed E-state index contributed by atoms with van der Waals surface area (Å²) in [4.78, 5) is 0. The molecule has 4 aliphatic rings. The third-order valence-corrected chi connectivity index (χ3v) is 11.1. The van der Waals surface area contributed by atoms with Crippen molar-refractivity contribution >= 4 is 0 Å². The van der Waals surface area contributed by atoms with Gasteiger partial charge in [-0.1, -0.05) is 72.5 Å². The van der Waals surface area contributed by atoms with Crippen LogP contribution < -0.4 is 0 Å². The maximum absolute atomic E-state index is 9.35. The molecular formula is C29H50O. The summed E-state index contributed by atoms with van der Waals surface area (Å²) in [6.07, 6.45) is 18.1. The van der Waals surface area contributed by atoms with E-state index in [0.717, 1.165) is 29.6 Å². The second-order valence-electron chi connectivity index (χ2n) is 13.3. The van der Waals surface area contributed by atoms with Gasteiger partial charge in [-0.15, -0.1) is 0 Å². The standard InChI is InChI=1S/C29H50O/c1-20(19-30)9-7-10-21(2)23-12-13-24-22-11-14-26-27(3,4)16-8-17-29(26,6)25(22)15-18-28(23,24)5/h14,20-25,30H,7-13,15-19H2,1-6H3/t20?,21?,22-,23+,24-,25-,28+,29+/m0/s1. The zero-order chi connectivity index (χ0) is 21.7. The van der Waals surface area contributed by atoms with Crippen LogP contribution in [0.2, 0.25) is 0 Å². The van der Waals surface area contributed by atoms with Crippen molar-refractivity contribution in [3.05, 3.63) is 11.6 Å². The monoisotopic (exact) mass is 414 g/mol. The molecule has 3 fully saturated rings. The van der Waals surface area contributed by atoms with E-state index in [0.29, 0.717) is 28.8 Å². The van der Waals surface area contributed by atoms with Crippen molar-refractivity contribution in [2.75, 3.05) is 6.61 Å². The normalized spacial score (nSPS) is 44.4. The van der Waals surface area contributed by atoms with Crippen LogP contribution in [0.3, 0.4) is 0 Å². The molecule has 0 aromatic carbocycles. The molecule has 0 spiro atoms. The van der Waals surface area contributed by atoms with Crippen molar-refractivity contribution in [1.29, 1.82) is 0 Å². The molecule has 0 bridgehead atoms. The predicted molar refractivity (Wildman–Crippen MR) is 128 cm³/mol. The average Bonchev–Trinajstić information content (AvgIpc) is 3.04. The van der Waals surface area contributed by atoms with Gasteiger partial charge in [0, 0.05) is 6.61 Å². The Morgan fingerprint density at radius 2 is 1.73 bits per heavy atom. The molecule has 0 heterocycles. The van der Waals surface area contributed by atoms with Gasteiger partial charge in [0.1, 0.15) is 0 Å². The number of aliphatic hydroxyl groups is 1. The topological polar surface area (TPSA) is 20.2 Å². The molecule has 0 aromatic heterocycles. The first kappa shape index (κ1) is 22.9. The molecule has 0 aliphatic heterocycles. The van der Waals surface area contributed by atoms with E-state index in [4.69, 9.17) is 0 Å². The van der Waals surface area contributed by atoms with Crippen molar-refractivity contribution in [2.45, 2.75) is 112 Å². The molecule has 8 atom stereocenters. The van der Waals surface area contributed by atoms with E-state index in [1.54, 1.807) is 0 Å². The molecule has 2 unspecified atom stereocenters. The molecule has 0 amide bonds. The molecule has 1 heteroatoms. The lowest BCUT2D eigenvalue weighted by molar-refractivity contribution is -0.0580. The summed E-state index contributed by atoms with van der Waals surface area (Å²) in [6, 6.07) is 0. The van der Waals surface area contributed by atoms with E-state index >= 15 is 0 Å². The molecule has 4 aliphatic carbocycles. The van der Waals surface area contributed by atoms with Crippen molar-refractivity contribution in [3.8, 4) is 0 Å². The van der Waals surface area contributed by atoms with Crippen LogP contribution in [-0.4, -0.2) is 11.7 Å². The summed E-state index contributed by atoms with van der Waals surface area (Å²) in [5.41, 5.74) is 3.33. The highest BCUT2D eigenvalue weighted by Crippen LogP contribution is 2.68. The average molecular weight is 415 g/mol. The predicted octanol–water partition coefficient (Wildman–Crippen LogP) is 8.03. The van der Waals surface area contributed by atoms with Gasteiger partial charge in [0.15, 0.2) is 0 Å². The summed E-state index contributed by atoms with van der Waals surface area (Å²) in [5, 5.41) is 9.35. The Kier molecular flexibility index (Phi) is 6.28. The van der Waals surface area contributed by atoms with Crippen LogP contribution in [0.25, 0.3) is 0 Å². The second kappa shape index (κ2) is 8.24. The minimum Gasteiger partial charge on any atom is -0.396 e. The Morgan fingerprint density at radius 1 is 0.967 bits per heavy atom. The maximum Gasteiger partial charge on any atom is 0.0456 e. The number of allylic oxidation sites excluding steroid dienone is 2. The Balaban J connectivity index is 1.49. The fourth-order valence-electron chi connectivity index (χ4n) is 9.55. The lowest BCUT2D eigenvalue weighted by atomic mass is 9.44. The van der Waals surface area contributed by atoms with Gasteiger partial charge in [0.05, 0.1) is 0 Å². The lowest BCUT2D eigenvalue weighted by Crippen LogP contribution is -2.52. The van der Waals surface area contributed by atoms with E-state index in [9.17, 15) is 5.11 Å². The van der Waals surface area contributed by atoms with Gasteiger partial charge in [-0.3, -0.25) is 0 Å². The zero-order valence-corrected chi connectivity index (χ0v) is 21.0. The summed E-state index contributed by atoms with van der Waals surface area (Å²) in [6.45, 7) is 15.5. The van der Waals surface area contributed by atoms with Crippen molar-refractivity contribution in [1.82, 2.24) is 0 Å². The van der Waals surface area contributed by atoms with Crippen LogP contribution in [0.5, 0.6) is 0 Å². The third kappa shape index (κ3) is 3.64. The van der Waals surface area contributed by atoms with E-state index in [-0.39, 0.29) is 0 Å². The van der Waals surface area contributed by atoms with Gasteiger partial charge in [0.2, 0.25) is 0 Å². The highest BCUT2D eigenvalue weighted by atomic mass is 16.3. The minimum absolute atomic E-state index is 0.353. The fraction of sp³-hybridized carbons (Fsp3) is 0.931. The van der Waals surface area contributed by atoms with Gasteiger partial charge in [0.25, 0.3) is 0 Å². The van der Waals surface area contributed by atoms with E-state index in [1.807, 2.05) is 5.57 Å². The van der Waals surface area contributed by atoms with Crippen molar-refractivity contribution in [2.24, 2.45) is 51.8 Å². The molecule has 172 valence electrons. The lowest BCUT2D eigenvalue weighted by Gasteiger charge is -2.60. The smallest absolute Gasteiger partial charge is 0.0456 e. The number of fused-ring (bicyclic) bond motifs is 5. The molecule has 3 saturated carbocycles. The van der Waals surface area contributed by atoms with E-state index in [2.05, 4.69) is 47.6 Å². The largest absolute Gasteiger partial charge is 0.396 e. The molecule has 1 N–H and O–H groups in total. The van der Waals surface area contributed by atoms with Crippen LogP contribution in [-0.2, 0) is 0 Å². The number of hydrogen-bond donors (Lipinski definition) is 1. The molecule has 0 radical (unpaired) electrons. The van der Waals surface area contributed by atoms with Crippen molar-refractivity contribution in [3.63, 3.8) is 0 Å². The summed E-state index contributed by atoms with van der Waals surface area (Å²) in [7, 11) is 0. The number of hydrogen-bond acceptors (Lipinski definition) is 1. The quantitative estimate of drug-likeness (QED) is 0.436. The number of aliphatic hydroxyl groups excluding tert-OH is 1. The minimum atomic E-state index is 0.353. The Labute approximate surface area is 187 Å². The number of rotatable bonds is 6. The highest BCUT2D eigenvalue weighted by molar-refractivity contribution is 5.29. The highest BCUT2D eigenvalue weighted by Gasteiger charge is 2.60. The van der Waals surface area contributed by atoms with E-state index < -0.39 is 0 Å². The van der Waals surface area contributed by atoms with Gasteiger partial charge < -0.3 is 5.11 Å². The van der Waals surface area contributed by atoms with E-state index in [1.165, 1.54) is 70.6 Å². The van der Waals surface area contributed by atoms with Gasteiger partial charge in [-0.05, 0) is 103 Å². The fourth-order valence-corrected chi connectivity index (χ4v) is 9.55. The zero-order valence-electron chi connectivity index (χ0n) is 21.0. The van der Waals surface area contributed by atoms with Crippen molar-refractivity contribution < 1.29 is 5.11 Å². The Bertz CT molecular complexity index is 647. The first-order chi connectivity index (χ1) is 14.1. The Morgan fingerprint density at radius 3 is 2.47 bits per heavy atom. The SMILES string of the molecule is CC(CO)CCCC(C)[C@H]1CC[C@H]2[C@@H]3CC=C4C(C)(C)CCC[C@]4(C)[C@H]3CC[C@]12C. The van der Waals surface area contributed by atoms with Crippen LogP contribution in [0.1, 0.15) is 112 Å². The van der Waals surface area contributed by atoms with Crippen LogP contribution in [0.15, 0.2) is 11.6 Å². The summed E-state index contributed by atoms with van der Waals surface area (Å²) in [5.74, 6) is 5.09. The molecule has 30 heavy (non-hydrogen) atoms. The van der Waals surface area contributed by atoms with Crippen LogP contribution in [0.4, 0.5) is 0 Å². The van der Waals surface area contributed by atoms with Gasteiger partial charge in [-0.2, -0.15) is 0 Å². The van der Waals surface area contributed by atoms with Gasteiger partial charge >= 0.3 is 0 Å². The van der Waals surface area contributed by atoms with Crippen LogP contribution >= 0.6 is 0 Å².